The molecular weight excluding hydrogens is 152 g/mol. The van der Waals surface area contributed by atoms with Crippen molar-refractivity contribution in [2.24, 2.45) is 5.92 Å². The average molecular weight is 170 g/mol. The van der Waals surface area contributed by atoms with Crippen LogP contribution in [0.3, 0.4) is 0 Å². The van der Waals surface area contributed by atoms with E-state index < -0.39 is 5.60 Å². The van der Waals surface area contributed by atoms with Crippen LogP contribution in [0.4, 0.5) is 0 Å². The molecule has 2 nitrogen and oxygen atoms in total. The van der Waals surface area contributed by atoms with E-state index in [-0.39, 0.29) is 0 Å². The largest absolute Gasteiger partial charge is 0.389 e. The molecule has 1 N–H and O–H groups in total. The van der Waals surface area contributed by atoms with E-state index >= 15 is 0 Å². The summed E-state index contributed by atoms with van der Waals surface area (Å²) in [5.74, 6) is 0.775. The predicted octanol–water partition coefficient (Wildman–Crippen LogP) is 1.91. The fraction of sp³-hybridized carbons (Fsp3) is 0.900. The zero-order valence-electron chi connectivity index (χ0n) is 7.75. The Kier molecular flexibility index (Phi) is 3.27. The first-order valence-electron chi connectivity index (χ1n) is 4.86. The van der Waals surface area contributed by atoms with Gasteiger partial charge < -0.3 is 9.90 Å². The van der Waals surface area contributed by atoms with Crippen molar-refractivity contribution in [1.82, 2.24) is 0 Å². The van der Waals surface area contributed by atoms with Gasteiger partial charge >= 0.3 is 0 Å². The van der Waals surface area contributed by atoms with Crippen LogP contribution in [0.1, 0.15) is 45.4 Å². The molecule has 0 aliphatic heterocycles. The molecule has 0 spiro atoms. The lowest BCUT2D eigenvalue weighted by Crippen LogP contribution is -2.34. The van der Waals surface area contributed by atoms with Gasteiger partial charge in [0.15, 0.2) is 0 Å². The molecule has 70 valence electrons. The zero-order valence-corrected chi connectivity index (χ0v) is 7.75. The van der Waals surface area contributed by atoms with Crippen molar-refractivity contribution < 1.29 is 9.90 Å². The van der Waals surface area contributed by atoms with Crippen molar-refractivity contribution in [2.45, 2.75) is 51.0 Å². The number of carbonyl (C=O) groups is 1. The lowest BCUT2D eigenvalue weighted by molar-refractivity contribution is -0.114. The van der Waals surface area contributed by atoms with Crippen molar-refractivity contribution in [3.63, 3.8) is 0 Å². The molecular formula is C10H18O2. The third kappa shape index (κ3) is 2.31. The minimum absolute atomic E-state index is 0.323. The van der Waals surface area contributed by atoms with Gasteiger partial charge in [-0.2, -0.15) is 0 Å². The Morgan fingerprint density at radius 3 is 2.50 bits per heavy atom. The van der Waals surface area contributed by atoms with Crippen LogP contribution in [0, 0.1) is 5.92 Å². The molecule has 0 radical (unpaired) electrons. The maximum Gasteiger partial charge on any atom is 0.122 e. The topological polar surface area (TPSA) is 37.3 Å². The highest BCUT2D eigenvalue weighted by Gasteiger charge is 2.31. The summed E-state index contributed by atoms with van der Waals surface area (Å²) in [5, 5.41) is 9.85. The second-order valence-electron chi connectivity index (χ2n) is 3.95. The van der Waals surface area contributed by atoms with Crippen molar-refractivity contribution >= 4 is 6.29 Å². The van der Waals surface area contributed by atoms with Gasteiger partial charge in [-0.1, -0.05) is 13.3 Å². The van der Waals surface area contributed by atoms with Crippen LogP contribution in [-0.2, 0) is 4.79 Å². The summed E-state index contributed by atoms with van der Waals surface area (Å²) in [4.78, 5) is 10.3. The molecule has 0 aromatic heterocycles. The Morgan fingerprint density at radius 1 is 1.50 bits per heavy atom. The number of rotatable bonds is 3. The molecule has 12 heavy (non-hydrogen) atoms. The predicted molar refractivity (Wildman–Crippen MR) is 47.9 cm³/mol. The molecule has 1 aliphatic rings. The molecule has 1 rings (SSSR count). The Morgan fingerprint density at radius 2 is 2.08 bits per heavy atom. The van der Waals surface area contributed by atoms with Gasteiger partial charge in [-0.3, -0.25) is 0 Å². The van der Waals surface area contributed by atoms with Gasteiger partial charge in [-0.25, -0.2) is 0 Å². The number of hydrogen-bond donors (Lipinski definition) is 1. The van der Waals surface area contributed by atoms with Crippen molar-refractivity contribution in [1.29, 1.82) is 0 Å². The summed E-state index contributed by atoms with van der Waals surface area (Å²) in [6.45, 7) is 2.19. The lowest BCUT2D eigenvalue weighted by Gasteiger charge is -2.34. The summed E-state index contributed by atoms with van der Waals surface area (Å²) in [7, 11) is 0. The molecule has 0 bridgehead atoms. The summed E-state index contributed by atoms with van der Waals surface area (Å²) in [5.41, 5.74) is -0.659. The number of hydrogen-bond acceptors (Lipinski definition) is 2. The van der Waals surface area contributed by atoms with Gasteiger partial charge in [0, 0.05) is 6.42 Å². The van der Waals surface area contributed by atoms with E-state index in [4.69, 9.17) is 0 Å². The summed E-state index contributed by atoms with van der Waals surface area (Å²) < 4.78 is 0. The summed E-state index contributed by atoms with van der Waals surface area (Å²) in [6.07, 6.45) is 6.16. The van der Waals surface area contributed by atoms with Gasteiger partial charge in [0.25, 0.3) is 0 Å². The normalized spacial score (nSPS) is 36.3. The number of aliphatic hydroxyl groups is 1. The van der Waals surface area contributed by atoms with Crippen LogP contribution < -0.4 is 0 Å². The molecule has 1 saturated carbocycles. The van der Waals surface area contributed by atoms with Crippen LogP contribution in [-0.4, -0.2) is 17.0 Å². The standard InChI is InChI=1S/C10H18O2/c1-2-9-3-5-10(12,6-4-9)7-8-11/h8-9,12H,2-7H2,1H3. The molecule has 0 atom stereocenters. The van der Waals surface area contributed by atoms with E-state index in [1.165, 1.54) is 6.42 Å². The smallest absolute Gasteiger partial charge is 0.122 e. The molecule has 0 unspecified atom stereocenters. The van der Waals surface area contributed by atoms with Crippen molar-refractivity contribution in [2.75, 3.05) is 0 Å². The van der Waals surface area contributed by atoms with E-state index in [1.807, 2.05) is 0 Å². The maximum absolute atomic E-state index is 10.3. The monoisotopic (exact) mass is 170 g/mol. The van der Waals surface area contributed by atoms with Crippen LogP contribution in [0.15, 0.2) is 0 Å². The Balaban J connectivity index is 2.38. The molecule has 0 saturated heterocycles. The first-order chi connectivity index (χ1) is 5.70. The van der Waals surface area contributed by atoms with Crippen LogP contribution in [0.25, 0.3) is 0 Å². The molecule has 1 fully saturated rings. The minimum atomic E-state index is -0.659. The zero-order chi connectivity index (χ0) is 9.03. The van der Waals surface area contributed by atoms with Crippen LogP contribution in [0.2, 0.25) is 0 Å². The first kappa shape index (κ1) is 9.72. The fourth-order valence-electron chi connectivity index (χ4n) is 1.98. The van der Waals surface area contributed by atoms with Crippen LogP contribution in [0.5, 0.6) is 0 Å². The second kappa shape index (κ2) is 4.04. The third-order valence-electron chi connectivity index (χ3n) is 3.08. The number of carbonyl (C=O) groups excluding carboxylic acids is 1. The second-order valence-corrected chi connectivity index (χ2v) is 3.95. The number of aldehydes is 1. The molecule has 0 amide bonds. The lowest BCUT2D eigenvalue weighted by atomic mass is 9.76. The van der Waals surface area contributed by atoms with E-state index in [0.717, 1.165) is 37.9 Å². The van der Waals surface area contributed by atoms with Gasteiger partial charge in [0.1, 0.15) is 6.29 Å². The molecule has 0 heterocycles. The van der Waals surface area contributed by atoms with Gasteiger partial charge in [-0.15, -0.1) is 0 Å². The summed E-state index contributed by atoms with van der Waals surface area (Å²) >= 11 is 0. The fourth-order valence-corrected chi connectivity index (χ4v) is 1.98. The highest BCUT2D eigenvalue weighted by Crippen LogP contribution is 2.34. The maximum atomic E-state index is 10.3. The first-order valence-corrected chi connectivity index (χ1v) is 4.86. The highest BCUT2D eigenvalue weighted by molar-refractivity contribution is 5.51. The highest BCUT2D eigenvalue weighted by atomic mass is 16.3. The third-order valence-corrected chi connectivity index (χ3v) is 3.08. The summed E-state index contributed by atoms with van der Waals surface area (Å²) in [6, 6.07) is 0. The van der Waals surface area contributed by atoms with Crippen LogP contribution >= 0.6 is 0 Å². The molecule has 2 heteroatoms. The Hall–Kier alpha value is -0.370. The van der Waals surface area contributed by atoms with E-state index in [0.29, 0.717) is 6.42 Å². The van der Waals surface area contributed by atoms with E-state index in [1.54, 1.807) is 0 Å². The van der Waals surface area contributed by atoms with E-state index in [9.17, 15) is 9.90 Å². The quantitative estimate of drug-likeness (QED) is 0.657. The Labute approximate surface area is 74.0 Å². The van der Waals surface area contributed by atoms with Gasteiger partial charge in [0.05, 0.1) is 5.60 Å². The van der Waals surface area contributed by atoms with Crippen molar-refractivity contribution in [3.05, 3.63) is 0 Å². The van der Waals surface area contributed by atoms with Gasteiger partial charge in [0.2, 0.25) is 0 Å². The van der Waals surface area contributed by atoms with Crippen molar-refractivity contribution in [3.8, 4) is 0 Å². The molecule has 0 aromatic carbocycles. The average Bonchev–Trinajstić information content (AvgIpc) is 2.06. The molecule has 1 aliphatic carbocycles. The van der Waals surface area contributed by atoms with Gasteiger partial charge in [-0.05, 0) is 31.6 Å². The minimum Gasteiger partial charge on any atom is -0.389 e. The molecule has 0 aromatic rings. The SMILES string of the molecule is CCC1CCC(O)(CC=O)CC1. The van der Waals surface area contributed by atoms with E-state index in [2.05, 4.69) is 6.92 Å². The Bertz CT molecular complexity index is 146.